The molecule has 7 nitrogen and oxygen atoms in total. The monoisotopic (exact) mass is 346 g/mol. The van der Waals surface area contributed by atoms with E-state index in [9.17, 15) is 19.3 Å². The number of carbonyl (C=O) groups is 1. The molecule has 1 fully saturated rings. The summed E-state index contributed by atoms with van der Waals surface area (Å²) in [6.45, 7) is 3.50. The van der Waals surface area contributed by atoms with Gasteiger partial charge in [0.25, 0.3) is 0 Å². The molecule has 132 valence electrons. The Morgan fingerprint density at radius 2 is 2.00 bits per heavy atom. The van der Waals surface area contributed by atoms with Gasteiger partial charge in [-0.05, 0) is 44.4 Å². The van der Waals surface area contributed by atoms with Crippen molar-refractivity contribution >= 4 is 11.6 Å². The molecule has 0 aliphatic heterocycles. The van der Waals surface area contributed by atoms with Crippen LogP contribution in [-0.4, -0.2) is 31.6 Å². The molecule has 0 spiro atoms. The molecule has 1 amide bonds. The van der Waals surface area contributed by atoms with E-state index in [4.69, 9.17) is 0 Å². The summed E-state index contributed by atoms with van der Waals surface area (Å²) in [5.74, 6) is -0.463. The SMILES string of the molecule is Cc1nn(CC(=O)N(Cc2ccc(F)cc2)C2CC2)c(C)c1[N+](=O)[O-]. The summed E-state index contributed by atoms with van der Waals surface area (Å²) < 4.78 is 14.4. The van der Waals surface area contributed by atoms with Crippen LogP contribution in [0.4, 0.5) is 10.1 Å². The lowest BCUT2D eigenvalue weighted by Gasteiger charge is -2.23. The maximum absolute atomic E-state index is 13.0. The number of carbonyl (C=O) groups excluding carboxylic acids is 1. The van der Waals surface area contributed by atoms with Crippen LogP contribution in [0.3, 0.4) is 0 Å². The van der Waals surface area contributed by atoms with Crippen LogP contribution in [0.25, 0.3) is 0 Å². The van der Waals surface area contributed by atoms with Crippen LogP contribution in [0.15, 0.2) is 24.3 Å². The fourth-order valence-electron chi connectivity index (χ4n) is 2.92. The van der Waals surface area contributed by atoms with Crippen molar-refractivity contribution in [1.29, 1.82) is 0 Å². The highest BCUT2D eigenvalue weighted by Crippen LogP contribution is 2.29. The van der Waals surface area contributed by atoms with Crippen molar-refractivity contribution in [2.75, 3.05) is 0 Å². The number of hydrogen-bond donors (Lipinski definition) is 0. The van der Waals surface area contributed by atoms with Crippen molar-refractivity contribution in [1.82, 2.24) is 14.7 Å². The van der Waals surface area contributed by atoms with Crippen molar-refractivity contribution in [3.63, 3.8) is 0 Å². The highest BCUT2D eigenvalue weighted by atomic mass is 19.1. The van der Waals surface area contributed by atoms with E-state index in [0.717, 1.165) is 18.4 Å². The average Bonchev–Trinajstić information content (AvgIpc) is 3.33. The summed E-state index contributed by atoms with van der Waals surface area (Å²) in [7, 11) is 0. The zero-order valence-electron chi connectivity index (χ0n) is 14.1. The fraction of sp³-hybridized carbons (Fsp3) is 0.412. The van der Waals surface area contributed by atoms with Gasteiger partial charge >= 0.3 is 5.69 Å². The van der Waals surface area contributed by atoms with E-state index < -0.39 is 4.92 Å². The van der Waals surface area contributed by atoms with E-state index >= 15 is 0 Å². The smallest absolute Gasteiger partial charge is 0.312 e. The number of aromatic nitrogens is 2. The molecule has 0 bridgehead atoms. The molecule has 1 aliphatic carbocycles. The van der Waals surface area contributed by atoms with Gasteiger partial charge in [0.1, 0.15) is 23.7 Å². The highest BCUT2D eigenvalue weighted by Gasteiger charge is 2.33. The van der Waals surface area contributed by atoms with Crippen LogP contribution < -0.4 is 0 Å². The van der Waals surface area contributed by atoms with E-state index in [2.05, 4.69) is 5.10 Å². The molecule has 1 aliphatic rings. The number of hydrogen-bond acceptors (Lipinski definition) is 4. The average molecular weight is 346 g/mol. The van der Waals surface area contributed by atoms with Crippen molar-refractivity contribution in [2.45, 2.75) is 45.8 Å². The standard InChI is InChI=1S/C17H19FN4O3/c1-11-17(22(24)25)12(2)21(19-11)10-16(23)20(15-7-8-15)9-13-3-5-14(18)6-4-13/h3-6,15H,7-10H2,1-2H3. The molecule has 1 aromatic heterocycles. The van der Waals surface area contributed by atoms with Gasteiger partial charge in [0.2, 0.25) is 5.91 Å². The van der Waals surface area contributed by atoms with Crippen LogP contribution in [-0.2, 0) is 17.9 Å². The maximum Gasteiger partial charge on any atom is 0.312 e. The van der Waals surface area contributed by atoms with Gasteiger partial charge in [0.05, 0.1) is 4.92 Å². The van der Waals surface area contributed by atoms with Gasteiger partial charge in [-0.1, -0.05) is 12.1 Å². The number of rotatable bonds is 6. The van der Waals surface area contributed by atoms with E-state index in [1.807, 2.05) is 0 Å². The van der Waals surface area contributed by atoms with Crippen molar-refractivity contribution < 1.29 is 14.1 Å². The van der Waals surface area contributed by atoms with Gasteiger partial charge in [0, 0.05) is 12.6 Å². The molecule has 0 N–H and O–H groups in total. The Kier molecular flexibility index (Phi) is 4.52. The first-order valence-electron chi connectivity index (χ1n) is 8.09. The first-order valence-corrected chi connectivity index (χ1v) is 8.09. The van der Waals surface area contributed by atoms with Gasteiger partial charge < -0.3 is 4.90 Å². The summed E-state index contributed by atoms with van der Waals surface area (Å²) >= 11 is 0. The second-order valence-corrected chi connectivity index (χ2v) is 6.31. The number of benzene rings is 1. The lowest BCUT2D eigenvalue weighted by Crippen LogP contribution is -2.35. The fourth-order valence-corrected chi connectivity index (χ4v) is 2.92. The van der Waals surface area contributed by atoms with Gasteiger partial charge in [-0.15, -0.1) is 0 Å². The predicted octanol–water partition coefficient (Wildman–Crippen LogP) is 2.74. The molecule has 8 heteroatoms. The van der Waals surface area contributed by atoms with E-state index in [1.54, 1.807) is 30.9 Å². The quantitative estimate of drug-likeness (QED) is 0.595. The third kappa shape index (κ3) is 3.67. The third-order valence-electron chi connectivity index (χ3n) is 4.39. The minimum absolute atomic E-state index is 0.0434. The number of nitro groups is 1. The molecule has 1 heterocycles. The molecule has 0 unspecified atom stereocenters. The normalized spacial score (nSPS) is 13.7. The minimum atomic E-state index is -0.476. The third-order valence-corrected chi connectivity index (χ3v) is 4.39. The molecule has 3 rings (SSSR count). The lowest BCUT2D eigenvalue weighted by atomic mass is 10.2. The zero-order valence-corrected chi connectivity index (χ0v) is 14.1. The highest BCUT2D eigenvalue weighted by molar-refractivity contribution is 5.77. The predicted molar refractivity (Wildman–Crippen MR) is 88.3 cm³/mol. The molecular formula is C17H19FN4O3. The number of halogens is 1. The Labute approximate surface area is 144 Å². The second kappa shape index (κ2) is 6.62. The minimum Gasteiger partial charge on any atom is -0.334 e. The zero-order chi connectivity index (χ0) is 18.1. The van der Waals surface area contributed by atoms with Crippen molar-refractivity contribution in [3.8, 4) is 0 Å². The molecule has 1 aromatic carbocycles. The first-order chi connectivity index (χ1) is 11.9. The first kappa shape index (κ1) is 17.1. The molecule has 25 heavy (non-hydrogen) atoms. The van der Waals surface area contributed by atoms with E-state index in [-0.39, 0.29) is 30.0 Å². The number of aryl methyl sites for hydroxylation is 1. The summed E-state index contributed by atoms with van der Waals surface area (Å²) in [5, 5.41) is 15.2. The van der Waals surface area contributed by atoms with Crippen molar-refractivity contribution in [3.05, 3.63) is 57.1 Å². The Bertz CT molecular complexity index is 812. The van der Waals surface area contributed by atoms with Gasteiger partial charge in [-0.3, -0.25) is 19.6 Å². The Morgan fingerprint density at radius 1 is 1.36 bits per heavy atom. The van der Waals surface area contributed by atoms with Gasteiger partial charge in [0.15, 0.2) is 0 Å². The Morgan fingerprint density at radius 3 is 2.52 bits per heavy atom. The van der Waals surface area contributed by atoms with Crippen LogP contribution in [0, 0.1) is 29.8 Å². The van der Waals surface area contributed by atoms with E-state index in [1.165, 1.54) is 16.8 Å². The van der Waals surface area contributed by atoms with Gasteiger partial charge in [-0.2, -0.15) is 5.10 Å². The molecular weight excluding hydrogens is 327 g/mol. The summed E-state index contributed by atoms with van der Waals surface area (Å²) in [6, 6.07) is 6.23. The topological polar surface area (TPSA) is 81.3 Å². The van der Waals surface area contributed by atoms with Gasteiger partial charge in [-0.25, -0.2) is 4.39 Å². The van der Waals surface area contributed by atoms with E-state index in [0.29, 0.717) is 17.9 Å². The maximum atomic E-state index is 13.0. The number of amides is 1. The largest absolute Gasteiger partial charge is 0.334 e. The molecule has 1 saturated carbocycles. The van der Waals surface area contributed by atoms with Crippen LogP contribution >= 0.6 is 0 Å². The number of nitrogens with zero attached hydrogens (tertiary/aromatic N) is 4. The van der Waals surface area contributed by atoms with Crippen LogP contribution in [0.5, 0.6) is 0 Å². The Hall–Kier alpha value is -2.77. The Balaban J connectivity index is 1.77. The summed E-state index contributed by atoms with van der Waals surface area (Å²) in [4.78, 5) is 25.1. The van der Waals surface area contributed by atoms with Crippen LogP contribution in [0.2, 0.25) is 0 Å². The molecule has 0 radical (unpaired) electrons. The molecule has 0 atom stereocenters. The van der Waals surface area contributed by atoms with Crippen LogP contribution in [0.1, 0.15) is 29.8 Å². The molecule has 2 aromatic rings. The molecule has 0 saturated heterocycles. The second-order valence-electron chi connectivity index (χ2n) is 6.31. The summed E-state index contributed by atoms with van der Waals surface area (Å²) in [6.07, 6.45) is 1.87. The summed E-state index contributed by atoms with van der Waals surface area (Å²) in [5.41, 5.74) is 1.46. The lowest BCUT2D eigenvalue weighted by molar-refractivity contribution is -0.386. The van der Waals surface area contributed by atoms with Crippen molar-refractivity contribution in [2.24, 2.45) is 0 Å².